The van der Waals surface area contributed by atoms with Crippen molar-refractivity contribution < 1.29 is 0 Å². The second kappa shape index (κ2) is 8.43. The van der Waals surface area contributed by atoms with Crippen LogP contribution in [0.15, 0.2) is 60.8 Å². The molecule has 0 atom stereocenters. The van der Waals surface area contributed by atoms with Crippen molar-refractivity contribution in [2.45, 2.75) is 33.2 Å². The molecule has 5 nitrogen and oxygen atoms in total. The topological polar surface area (TPSA) is 53.9 Å². The van der Waals surface area contributed by atoms with Crippen LogP contribution in [0, 0.1) is 0 Å². The molecule has 1 N–H and O–H groups in total. The molecule has 0 aliphatic carbocycles. The molecule has 0 unspecified atom stereocenters. The van der Waals surface area contributed by atoms with E-state index < -0.39 is 0 Å². The molecule has 1 heterocycles. The molecular formula is C21H25N5. The summed E-state index contributed by atoms with van der Waals surface area (Å²) in [4.78, 5) is 6.74. The molecule has 134 valence electrons. The normalized spacial score (nSPS) is 10.8. The zero-order chi connectivity index (χ0) is 18.4. The monoisotopic (exact) mass is 347 g/mol. The number of hydrogen-bond acceptors (Lipinski definition) is 5. The predicted octanol–water partition coefficient (Wildman–Crippen LogP) is 4.77. The smallest absolute Gasteiger partial charge is 0.247 e. The molecule has 0 spiro atoms. The Morgan fingerprint density at radius 2 is 1.73 bits per heavy atom. The summed E-state index contributed by atoms with van der Waals surface area (Å²) >= 11 is 0. The van der Waals surface area contributed by atoms with Crippen LogP contribution in [0.2, 0.25) is 0 Å². The van der Waals surface area contributed by atoms with Gasteiger partial charge in [0.2, 0.25) is 5.95 Å². The molecule has 5 heteroatoms. The van der Waals surface area contributed by atoms with Gasteiger partial charge in [0.1, 0.15) is 0 Å². The van der Waals surface area contributed by atoms with E-state index in [9.17, 15) is 0 Å². The molecule has 26 heavy (non-hydrogen) atoms. The quantitative estimate of drug-likeness (QED) is 0.667. The fourth-order valence-corrected chi connectivity index (χ4v) is 2.72. The van der Waals surface area contributed by atoms with Gasteiger partial charge in [-0.25, -0.2) is 0 Å². The SMILES string of the molecule is CCN(Cc1ccccc1)c1nncc(Nc2ccc(C(C)C)cc2)n1. The average Bonchev–Trinajstić information content (AvgIpc) is 2.67. The number of hydrogen-bond donors (Lipinski definition) is 1. The summed E-state index contributed by atoms with van der Waals surface area (Å²) in [5, 5.41) is 11.6. The number of nitrogens with zero attached hydrogens (tertiary/aromatic N) is 4. The average molecular weight is 347 g/mol. The summed E-state index contributed by atoms with van der Waals surface area (Å²) in [5.41, 5.74) is 3.53. The van der Waals surface area contributed by atoms with Crippen LogP contribution >= 0.6 is 0 Å². The van der Waals surface area contributed by atoms with Crippen molar-refractivity contribution in [2.24, 2.45) is 0 Å². The molecule has 0 saturated carbocycles. The fourth-order valence-electron chi connectivity index (χ4n) is 2.72. The number of rotatable bonds is 7. The van der Waals surface area contributed by atoms with Crippen LogP contribution in [0.5, 0.6) is 0 Å². The summed E-state index contributed by atoms with van der Waals surface area (Å²) in [7, 11) is 0. The Morgan fingerprint density at radius 3 is 2.38 bits per heavy atom. The maximum absolute atomic E-state index is 4.63. The molecule has 0 saturated heterocycles. The first kappa shape index (κ1) is 17.9. The van der Waals surface area contributed by atoms with Crippen molar-refractivity contribution in [3.8, 4) is 0 Å². The minimum Gasteiger partial charge on any atom is -0.339 e. The third kappa shape index (κ3) is 4.57. The van der Waals surface area contributed by atoms with Gasteiger partial charge in [0.25, 0.3) is 0 Å². The first-order valence-electron chi connectivity index (χ1n) is 9.01. The van der Waals surface area contributed by atoms with Gasteiger partial charge in [-0.2, -0.15) is 10.1 Å². The lowest BCUT2D eigenvalue weighted by Gasteiger charge is -2.20. The van der Waals surface area contributed by atoms with Crippen LogP contribution in [0.4, 0.5) is 17.5 Å². The Labute approximate surface area is 155 Å². The van der Waals surface area contributed by atoms with Gasteiger partial charge in [-0.1, -0.05) is 56.3 Å². The number of benzene rings is 2. The van der Waals surface area contributed by atoms with E-state index in [1.54, 1.807) is 6.20 Å². The van der Waals surface area contributed by atoms with Crippen LogP contribution in [-0.4, -0.2) is 21.7 Å². The van der Waals surface area contributed by atoms with E-state index in [0.29, 0.717) is 17.7 Å². The van der Waals surface area contributed by atoms with Crippen molar-refractivity contribution in [3.05, 3.63) is 71.9 Å². The van der Waals surface area contributed by atoms with Crippen LogP contribution in [0.1, 0.15) is 37.8 Å². The maximum atomic E-state index is 4.63. The van der Waals surface area contributed by atoms with E-state index in [1.807, 2.05) is 18.2 Å². The second-order valence-electron chi connectivity index (χ2n) is 6.54. The third-order valence-electron chi connectivity index (χ3n) is 4.28. The van der Waals surface area contributed by atoms with Gasteiger partial charge < -0.3 is 10.2 Å². The van der Waals surface area contributed by atoms with Gasteiger partial charge in [-0.15, -0.1) is 5.10 Å². The zero-order valence-corrected chi connectivity index (χ0v) is 15.6. The molecule has 3 rings (SSSR count). The van der Waals surface area contributed by atoms with Crippen LogP contribution in [0.3, 0.4) is 0 Å². The second-order valence-corrected chi connectivity index (χ2v) is 6.54. The highest BCUT2D eigenvalue weighted by atomic mass is 15.3. The third-order valence-corrected chi connectivity index (χ3v) is 4.28. The molecule has 0 bridgehead atoms. The fraction of sp³-hybridized carbons (Fsp3) is 0.286. The lowest BCUT2D eigenvalue weighted by Crippen LogP contribution is -2.24. The first-order valence-corrected chi connectivity index (χ1v) is 9.01. The minimum absolute atomic E-state index is 0.521. The summed E-state index contributed by atoms with van der Waals surface area (Å²) in [6.07, 6.45) is 1.65. The molecular weight excluding hydrogens is 322 g/mol. The van der Waals surface area contributed by atoms with Crippen molar-refractivity contribution in [3.63, 3.8) is 0 Å². The Balaban J connectivity index is 1.74. The van der Waals surface area contributed by atoms with Gasteiger partial charge in [0.15, 0.2) is 5.82 Å². The molecule has 0 aliphatic rings. The van der Waals surface area contributed by atoms with Crippen LogP contribution < -0.4 is 10.2 Å². The first-order chi connectivity index (χ1) is 12.7. The Morgan fingerprint density at radius 1 is 1.00 bits per heavy atom. The number of anilines is 3. The van der Waals surface area contributed by atoms with Crippen LogP contribution in [-0.2, 0) is 6.54 Å². The summed E-state index contributed by atoms with van der Waals surface area (Å²) in [6.45, 7) is 8.04. The Hall–Kier alpha value is -2.95. The number of nitrogens with one attached hydrogen (secondary N) is 1. The van der Waals surface area contributed by atoms with Crippen molar-refractivity contribution in [1.82, 2.24) is 15.2 Å². The zero-order valence-electron chi connectivity index (χ0n) is 15.6. The lowest BCUT2D eigenvalue weighted by molar-refractivity contribution is 0.771. The maximum Gasteiger partial charge on any atom is 0.247 e. The number of aromatic nitrogens is 3. The van der Waals surface area contributed by atoms with E-state index in [-0.39, 0.29) is 0 Å². The van der Waals surface area contributed by atoms with Crippen molar-refractivity contribution in [1.29, 1.82) is 0 Å². The molecule has 0 fully saturated rings. The highest BCUT2D eigenvalue weighted by Crippen LogP contribution is 2.20. The molecule has 0 aliphatic heterocycles. The molecule has 3 aromatic rings. The van der Waals surface area contributed by atoms with Gasteiger partial charge in [-0.3, -0.25) is 0 Å². The molecule has 0 amide bonds. The Bertz CT molecular complexity index is 815. The highest BCUT2D eigenvalue weighted by molar-refractivity contribution is 5.56. The largest absolute Gasteiger partial charge is 0.339 e. The van der Waals surface area contributed by atoms with E-state index in [1.165, 1.54) is 11.1 Å². The van der Waals surface area contributed by atoms with Crippen LogP contribution in [0.25, 0.3) is 0 Å². The Kier molecular flexibility index (Phi) is 5.79. The van der Waals surface area contributed by atoms with Crippen molar-refractivity contribution in [2.75, 3.05) is 16.8 Å². The summed E-state index contributed by atoms with van der Waals surface area (Å²) in [6, 6.07) is 18.7. The minimum atomic E-state index is 0.521. The highest BCUT2D eigenvalue weighted by Gasteiger charge is 2.10. The van der Waals surface area contributed by atoms with E-state index >= 15 is 0 Å². The van der Waals surface area contributed by atoms with E-state index in [0.717, 1.165) is 18.8 Å². The van der Waals surface area contributed by atoms with Crippen molar-refractivity contribution >= 4 is 17.5 Å². The molecule has 2 aromatic carbocycles. The van der Waals surface area contributed by atoms with E-state index in [4.69, 9.17) is 0 Å². The molecule has 1 aromatic heterocycles. The van der Waals surface area contributed by atoms with Gasteiger partial charge in [0.05, 0.1) is 6.20 Å². The van der Waals surface area contributed by atoms with Gasteiger partial charge >= 0.3 is 0 Å². The standard InChI is InChI=1S/C21H25N5/c1-4-26(15-17-8-6-5-7-9-17)21-24-20(14-22-25-21)23-19-12-10-18(11-13-19)16(2)3/h5-14,16H,4,15H2,1-3H3,(H,23,24,25). The van der Waals surface area contributed by atoms with Gasteiger partial charge in [0, 0.05) is 18.8 Å². The summed E-state index contributed by atoms with van der Waals surface area (Å²) < 4.78 is 0. The van der Waals surface area contributed by atoms with E-state index in [2.05, 4.69) is 82.6 Å². The van der Waals surface area contributed by atoms with Gasteiger partial charge in [-0.05, 0) is 36.1 Å². The predicted molar refractivity (Wildman–Crippen MR) is 107 cm³/mol. The lowest BCUT2D eigenvalue weighted by atomic mass is 10.0. The summed E-state index contributed by atoms with van der Waals surface area (Å²) in [5.74, 6) is 1.84. The molecule has 0 radical (unpaired) electrons.